The van der Waals surface area contributed by atoms with Gasteiger partial charge in [0.05, 0.1) is 20.0 Å². The molecule has 2 rings (SSSR count). The Morgan fingerprint density at radius 2 is 2.36 bits per heavy atom. The van der Waals surface area contributed by atoms with Crippen molar-refractivity contribution in [1.29, 1.82) is 0 Å². The van der Waals surface area contributed by atoms with Crippen molar-refractivity contribution >= 4 is 6.08 Å². The molecule has 0 atom stereocenters. The zero-order valence-electron chi connectivity index (χ0n) is 8.03. The van der Waals surface area contributed by atoms with E-state index in [-0.39, 0.29) is 0 Å². The van der Waals surface area contributed by atoms with Crippen molar-refractivity contribution in [2.24, 2.45) is 0 Å². The van der Waals surface area contributed by atoms with Crippen molar-refractivity contribution in [3.05, 3.63) is 35.6 Å². The van der Waals surface area contributed by atoms with Gasteiger partial charge in [0.25, 0.3) is 0 Å². The van der Waals surface area contributed by atoms with Gasteiger partial charge in [-0.05, 0) is 23.8 Å². The van der Waals surface area contributed by atoms with Gasteiger partial charge in [0.15, 0.2) is 6.79 Å². The first-order chi connectivity index (χ1) is 6.90. The molecule has 3 heteroatoms. The zero-order chi connectivity index (χ0) is 9.80. The van der Waals surface area contributed by atoms with Crippen LogP contribution < -0.4 is 4.74 Å². The molecule has 74 valence electrons. The van der Waals surface area contributed by atoms with Crippen LogP contribution in [0.5, 0.6) is 5.75 Å². The van der Waals surface area contributed by atoms with Gasteiger partial charge in [-0.15, -0.1) is 0 Å². The van der Waals surface area contributed by atoms with Gasteiger partial charge in [-0.25, -0.2) is 0 Å². The molecule has 1 aromatic carbocycles. The Labute approximate surface area is 82.9 Å². The van der Waals surface area contributed by atoms with Crippen LogP contribution in [0.2, 0.25) is 0 Å². The van der Waals surface area contributed by atoms with Crippen LogP contribution >= 0.6 is 0 Å². The Morgan fingerprint density at radius 3 is 3.21 bits per heavy atom. The highest BCUT2D eigenvalue weighted by Gasteiger charge is 2.09. The third-order valence-corrected chi connectivity index (χ3v) is 2.04. The van der Waals surface area contributed by atoms with E-state index in [2.05, 4.69) is 0 Å². The first kappa shape index (κ1) is 9.09. The molecule has 3 nitrogen and oxygen atoms in total. The fourth-order valence-electron chi connectivity index (χ4n) is 1.36. The van der Waals surface area contributed by atoms with Crippen molar-refractivity contribution in [2.75, 3.05) is 13.9 Å². The summed E-state index contributed by atoms with van der Waals surface area (Å²) in [4.78, 5) is 0. The maximum absolute atomic E-state index is 5.31. The third-order valence-electron chi connectivity index (χ3n) is 2.04. The van der Waals surface area contributed by atoms with E-state index in [4.69, 9.17) is 14.2 Å². The standard InChI is InChI=1S/C11H12O3/c1-12-5-4-9-2-3-11-10(6-9)7-13-8-14-11/h2-6H,7-8H2,1H3/b5-4+. The molecule has 1 aromatic rings. The lowest BCUT2D eigenvalue weighted by molar-refractivity contribution is -0.0163. The van der Waals surface area contributed by atoms with E-state index in [9.17, 15) is 0 Å². The van der Waals surface area contributed by atoms with Gasteiger partial charge in [0.1, 0.15) is 5.75 Å². The molecule has 1 aliphatic heterocycles. The van der Waals surface area contributed by atoms with E-state index >= 15 is 0 Å². The highest BCUT2D eigenvalue weighted by molar-refractivity contribution is 5.52. The smallest absolute Gasteiger partial charge is 0.189 e. The summed E-state index contributed by atoms with van der Waals surface area (Å²) < 4.78 is 15.3. The minimum absolute atomic E-state index is 0.347. The van der Waals surface area contributed by atoms with Crippen LogP contribution in [-0.2, 0) is 16.1 Å². The quantitative estimate of drug-likeness (QED) is 0.672. The van der Waals surface area contributed by atoms with E-state index in [0.717, 1.165) is 16.9 Å². The van der Waals surface area contributed by atoms with Gasteiger partial charge < -0.3 is 14.2 Å². The fraction of sp³-hybridized carbons (Fsp3) is 0.273. The van der Waals surface area contributed by atoms with Crippen molar-refractivity contribution < 1.29 is 14.2 Å². The van der Waals surface area contributed by atoms with Crippen LogP contribution in [0.4, 0.5) is 0 Å². The molecule has 0 fully saturated rings. The molecule has 0 aromatic heterocycles. The van der Waals surface area contributed by atoms with Crippen LogP contribution in [-0.4, -0.2) is 13.9 Å². The van der Waals surface area contributed by atoms with Gasteiger partial charge in [0.2, 0.25) is 0 Å². The second-order valence-electron chi connectivity index (χ2n) is 3.02. The molecular weight excluding hydrogens is 180 g/mol. The monoisotopic (exact) mass is 192 g/mol. The third kappa shape index (κ3) is 1.88. The topological polar surface area (TPSA) is 27.7 Å². The summed E-state index contributed by atoms with van der Waals surface area (Å²) in [6.07, 6.45) is 3.54. The highest BCUT2D eigenvalue weighted by atomic mass is 16.7. The number of methoxy groups -OCH3 is 1. The second kappa shape index (κ2) is 4.15. The lowest BCUT2D eigenvalue weighted by Gasteiger charge is -2.17. The predicted molar refractivity (Wildman–Crippen MR) is 52.8 cm³/mol. The Morgan fingerprint density at radius 1 is 1.43 bits per heavy atom. The average molecular weight is 192 g/mol. The number of hydrogen-bond acceptors (Lipinski definition) is 3. The molecule has 0 bridgehead atoms. The molecule has 0 spiro atoms. The Bertz CT molecular complexity index is 344. The molecule has 0 saturated heterocycles. The summed E-state index contributed by atoms with van der Waals surface area (Å²) in [7, 11) is 1.63. The Balaban J connectivity index is 2.24. The SMILES string of the molecule is CO/C=C/c1ccc2c(c1)COCO2. The average Bonchev–Trinajstić information content (AvgIpc) is 2.26. The summed E-state index contributed by atoms with van der Waals surface area (Å²) in [5.41, 5.74) is 2.16. The number of rotatable bonds is 2. The molecule has 14 heavy (non-hydrogen) atoms. The van der Waals surface area contributed by atoms with Crippen molar-refractivity contribution in [1.82, 2.24) is 0 Å². The van der Waals surface area contributed by atoms with Gasteiger partial charge in [-0.1, -0.05) is 6.07 Å². The Hall–Kier alpha value is -1.48. The first-order valence-electron chi connectivity index (χ1n) is 4.43. The number of fused-ring (bicyclic) bond motifs is 1. The predicted octanol–water partition coefficient (Wildman–Crippen LogP) is 2.17. The minimum atomic E-state index is 0.347. The van der Waals surface area contributed by atoms with Crippen LogP contribution in [0.15, 0.2) is 24.5 Å². The molecule has 0 unspecified atom stereocenters. The van der Waals surface area contributed by atoms with E-state index < -0.39 is 0 Å². The van der Waals surface area contributed by atoms with Crippen LogP contribution in [0.25, 0.3) is 6.08 Å². The molecule has 0 N–H and O–H groups in total. The lowest BCUT2D eigenvalue weighted by atomic mass is 10.1. The summed E-state index contributed by atoms with van der Waals surface area (Å²) >= 11 is 0. The lowest BCUT2D eigenvalue weighted by Crippen LogP contribution is -2.10. The molecule has 1 heterocycles. The second-order valence-corrected chi connectivity index (χ2v) is 3.02. The zero-order valence-corrected chi connectivity index (χ0v) is 8.03. The Kier molecular flexibility index (Phi) is 2.70. The molecule has 0 saturated carbocycles. The molecule has 0 radical (unpaired) electrons. The first-order valence-corrected chi connectivity index (χ1v) is 4.43. The van der Waals surface area contributed by atoms with E-state index in [1.54, 1.807) is 13.4 Å². The summed E-state index contributed by atoms with van der Waals surface area (Å²) in [5.74, 6) is 0.908. The van der Waals surface area contributed by atoms with Crippen molar-refractivity contribution in [2.45, 2.75) is 6.61 Å². The minimum Gasteiger partial charge on any atom is -0.504 e. The van der Waals surface area contributed by atoms with Crippen LogP contribution in [0.3, 0.4) is 0 Å². The van der Waals surface area contributed by atoms with Gasteiger partial charge in [0, 0.05) is 5.56 Å². The number of ether oxygens (including phenoxy) is 3. The maximum Gasteiger partial charge on any atom is 0.189 e. The number of hydrogen-bond donors (Lipinski definition) is 0. The molecule has 0 amide bonds. The van der Waals surface area contributed by atoms with E-state index in [1.807, 2.05) is 24.3 Å². The van der Waals surface area contributed by atoms with Crippen LogP contribution in [0.1, 0.15) is 11.1 Å². The van der Waals surface area contributed by atoms with Crippen molar-refractivity contribution in [3.8, 4) is 5.75 Å². The summed E-state index contributed by atoms with van der Waals surface area (Å²) in [6, 6.07) is 5.97. The van der Waals surface area contributed by atoms with Gasteiger partial charge in [-0.3, -0.25) is 0 Å². The van der Waals surface area contributed by atoms with Gasteiger partial charge >= 0.3 is 0 Å². The van der Waals surface area contributed by atoms with E-state index in [0.29, 0.717) is 13.4 Å². The summed E-state index contributed by atoms with van der Waals surface area (Å²) in [6.45, 7) is 0.963. The number of benzene rings is 1. The highest BCUT2D eigenvalue weighted by Crippen LogP contribution is 2.24. The van der Waals surface area contributed by atoms with E-state index in [1.165, 1.54) is 0 Å². The van der Waals surface area contributed by atoms with Crippen molar-refractivity contribution in [3.63, 3.8) is 0 Å². The fourth-order valence-corrected chi connectivity index (χ4v) is 1.36. The largest absolute Gasteiger partial charge is 0.504 e. The molecule has 0 aliphatic carbocycles. The molecule has 1 aliphatic rings. The molecular formula is C11H12O3. The van der Waals surface area contributed by atoms with Crippen LogP contribution in [0, 0.1) is 0 Å². The van der Waals surface area contributed by atoms with Gasteiger partial charge in [-0.2, -0.15) is 0 Å². The normalized spacial score (nSPS) is 14.9. The maximum atomic E-state index is 5.31. The summed E-state index contributed by atoms with van der Waals surface area (Å²) in [5, 5.41) is 0.